The molecule has 0 N–H and O–H groups in total. The van der Waals surface area contributed by atoms with E-state index in [2.05, 4.69) is 154 Å². The lowest BCUT2D eigenvalue weighted by Gasteiger charge is -2.31. The molecule has 0 unspecified atom stereocenters. The molecular formula is C35H35BrClNS. The maximum absolute atomic E-state index is 7.10. The van der Waals surface area contributed by atoms with E-state index in [0.29, 0.717) is 5.02 Å². The van der Waals surface area contributed by atoms with Crippen molar-refractivity contribution >= 4 is 66.0 Å². The summed E-state index contributed by atoms with van der Waals surface area (Å²) in [5.74, 6) is 0. The minimum atomic E-state index is 0.0214. The summed E-state index contributed by atoms with van der Waals surface area (Å²) >= 11 is 12.6. The summed E-state index contributed by atoms with van der Waals surface area (Å²) in [6.07, 6.45) is 0. The number of nitrogens with zero attached hydrogens (tertiary/aromatic N) is 1. The van der Waals surface area contributed by atoms with E-state index in [4.69, 9.17) is 11.6 Å². The van der Waals surface area contributed by atoms with E-state index in [1.807, 2.05) is 0 Å². The second kappa shape index (κ2) is 10.4. The van der Waals surface area contributed by atoms with E-state index < -0.39 is 0 Å². The zero-order valence-electron chi connectivity index (χ0n) is 23.7. The van der Waals surface area contributed by atoms with Crippen LogP contribution in [0.3, 0.4) is 0 Å². The Morgan fingerprint density at radius 2 is 1.36 bits per heavy atom. The second-order valence-corrected chi connectivity index (χ2v) is 14.5. The van der Waals surface area contributed by atoms with E-state index in [-0.39, 0.29) is 10.8 Å². The number of thiophene rings is 1. The highest BCUT2D eigenvalue weighted by Gasteiger charge is 2.26. The molecule has 0 radical (unpaired) electrons. The topological polar surface area (TPSA) is 3.24 Å². The Labute approximate surface area is 250 Å². The summed E-state index contributed by atoms with van der Waals surface area (Å²) < 4.78 is 2.16. The third-order valence-electron chi connectivity index (χ3n) is 7.24. The molecule has 0 saturated carbocycles. The molecule has 0 fully saturated rings. The van der Waals surface area contributed by atoms with Gasteiger partial charge >= 0.3 is 0 Å². The van der Waals surface area contributed by atoms with Gasteiger partial charge in [-0.2, -0.15) is 0 Å². The van der Waals surface area contributed by atoms with Crippen LogP contribution >= 0.6 is 38.9 Å². The van der Waals surface area contributed by atoms with Crippen molar-refractivity contribution in [2.45, 2.75) is 59.3 Å². The first-order chi connectivity index (χ1) is 18.3. The summed E-state index contributed by atoms with van der Waals surface area (Å²) in [5.41, 5.74) is 9.41. The molecule has 0 atom stereocenters. The molecule has 1 heterocycles. The number of hydrogen-bond acceptors (Lipinski definition) is 2. The Morgan fingerprint density at radius 3 is 2.03 bits per heavy atom. The standard InChI is InChI=1S/C35H35BrClNS/c1-22-17-28(36)33(37)30(18-22)38(31-21-39-32-16-14-25(20-27(31)32)35(5,6)7)29-15-13-24(34(2,3)4)19-26(29)23-11-9-8-10-12-23/h8-21H,1-7H3. The number of halogens is 2. The average molecular weight is 617 g/mol. The summed E-state index contributed by atoms with van der Waals surface area (Å²) in [6, 6.07) is 28.7. The van der Waals surface area contributed by atoms with Crippen LogP contribution in [0.5, 0.6) is 0 Å². The highest BCUT2D eigenvalue weighted by Crippen LogP contribution is 2.50. The predicted molar refractivity (Wildman–Crippen MR) is 177 cm³/mol. The minimum absolute atomic E-state index is 0.0214. The van der Waals surface area contributed by atoms with Gasteiger partial charge in [-0.05, 0) is 92.3 Å². The fourth-order valence-electron chi connectivity index (χ4n) is 4.96. The van der Waals surface area contributed by atoms with Crippen LogP contribution in [0.15, 0.2) is 88.7 Å². The van der Waals surface area contributed by atoms with Crippen LogP contribution in [0.25, 0.3) is 21.2 Å². The van der Waals surface area contributed by atoms with Crippen LogP contribution < -0.4 is 4.90 Å². The maximum atomic E-state index is 7.10. The molecule has 0 saturated heterocycles. The Bertz CT molecular complexity index is 1650. The highest BCUT2D eigenvalue weighted by atomic mass is 79.9. The SMILES string of the molecule is Cc1cc(Br)c(Cl)c(N(c2ccc(C(C)(C)C)cc2-c2ccccc2)c2csc3ccc(C(C)(C)C)cc23)c1. The molecule has 5 rings (SSSR count). The van der Waals surface area contributed by atoms with Gasteiger partial charge in [0.15, 0.2) is 0 Å². The first-order valence-electron chi connectivity index (χ1n) is 13.3. The second-order valence-electron chi connectivity index (χ2n) is 12.3. The molecule has 5 aromatic rings. The molecule has 0 aliphatic heterocycles. The fourth-order valence-corrected chi connectivity index (χ4v) is 6.63. The van der Waals surface area contributed by atoms with Crippen LogP contribution in [0, 0.1) is 6.92 Å². The highest BCUT2D eigenvalue weighted by molar-refractivity contribution is 9.10. The molecule has 0 amide bonds. The van der Waals surface area contributed by atoms with Crippen LogP contribution in [0.1, 0.15) is 58.2 Å². The lowest BCUT2D eigenvalue weighted by Crippen LogP contribution is -2.15. The van der Waals surface area contributed by atoms with E-state index >= 15 is 0 Å². The van der Waals surface area contributed by atoms with Crippen molar-refractivity contribution in [1.29, 1.82) is 0 Å². The molecule has 0 aliphatic rings. The van der Waals surface area contributed by atoms with Gasteiger partial charge in [-0.3, -0.25) is 0 Å². The van der Waals surface area contributed by atoms with Crippen LogP contribution in [-0.2, 0) is 10.8 Å². The predicted octanol–water partition coefficient (Wildman–Crippen LogP) is 12.4. The Hall–Kier alpha value is -2.59. The van der Waals surface area contributed by atoms with Gasteiger partial charge in [-0.25, -0.2) is 0 Å². The van der Waals surface area contributed by atoms with E-state index in [1.165, 1.54) is 32.3 Å². The van der Waals surface area contributed by atoms with Crippen molar-refractivity contribution in [3.8, 4) is 11.1 Å². The lowest BCUT2D eigenvalue weighted by atomic mass is 9.84. The third-order valence-corrected chi connectivity index (χ3v) is 9.44. The molecular weight excluding hydrogens is 582 g/mol. The van der Waals surface area contributed by atoms with Gasteiger partial charge in [0.25, 0.3) is 0 Å². The average Bonchev–Trinajstić information content (AvgIpc) is 3.29. The molecule has 4 aromatic carbocycles. The Morgan fingerprint density at radius 1 is 0.718 bits per heavy atom. The fraction of sp³-hybridized carbons (Fsp3) is 0.257. The van der Waals surface area contributed by atoms with Crippen molar-refractivity contribution in [3.63, 3.8) is 0 Å². The monoisotopic (exact) mass is 615 g/mol. The minimum Gasteiger partial charge on any atom is -0.307 e. The molecule has 1 aromatic heterocycles. The molecule has 0 aliphatic carbocycles. The summed E-state index contributed by atoms with van der Waals surface area (Å²) in [7, 11) is 0. The van der Waals surface area contributed by atoms with E-state index in [0.717, 1.165) is 27.1 Å². The Kier molecular flexibility index (Phi) is 7.47. The quantitative estimate of drug-likeness (QED) is 0.194. The van der Waals surface area contributed by atoms with Gasteiger partial charge in [0.05, 0.1) is 22.1 Å². The first-order valence-corrected chi connectivity index (χ1v) is 15.4. The van der Waals surface area contributed by atoms with Gasteiger partial charge in [-0.15, -0.1) is 11.3 Å². The van der Waals surface area contributed by atoms with Crippen molar-refractivity contribution in [3.05, 3.63) is 110 Å². The lowest BCUT2D eigenvalue weighted by molar-refractivity contribution is 0.590. The van der Waals surface area contributed by atoms with Gasteiger partial charge in [0.2, 0.25) is 0 Å². The largest absolute Gasteiger partial charge is 0.307 e. The molecule has 39 heavy (non-hydrogen) atoms. The summed E-state index contributed by atoms with van der Waals surface area (Å²) in [5, 5.41) is 4.21. The number of benzene rings is 4. The van der Waals surface area contributed by atoms with Crippen LogP contribution in [-0.4, -0.2) is 0 Å². The number of aryl methyl sites for hydroxylation is 1. The van der Waals surface area contributed by atoms with Crippen molar-refractivity contribution in [2.75, 3.05) is 4.90 Å². The zero-order valence-corrected chi connectivity index (χ0v) is 26.9. The van der Waals surface area contributed by atoms with Crippen molar-refractivity contribution in [1.82, 2.24) is 0 Å². The number of fused-ring (bicyclic) bond motifs is 1. The molecule has 0 bridgehead atoms. The van der Waals surface area contributed by atoms with Crippen LogP contribution in [0.2, 0.25) is 5.02 Å². The number of rotatable bonds is 4. The first kappa shape index (κ1) is 28.0. The van der Waals surface area contributed by atoms with Crippen molar-refractivity contribution < 1.29 is 0 Å². The summed E-state index contributed by atoms with van der Waals surface area (Å²) in [4.78, 5) is 2.36. The molecule has 200 valence electrons. The Balaban J connectivity index is 1.88. The van der Waals surface area contributed by atoms with Crippen LogP contribution in [0.4, 0.5) is 17.1 Å². The van der Waals surface area contributed by atoms with Crippen molar-refractivity contribution in [2.24, 2.45) is 0 Å². The maximum Gasteiger partial charge on any atom is 0.0788 e. The zero-order chi connectivity index (χ0) is 28.1. The third kappa shape index (κ3) is 5.55. The van der Waals surface area contributed by atoms with E-state index in [9.17, 15) is 0 Å². The van der Waals surface area contributed by atoms with E-state index in [1.54, 1.807) is 11.3 Å². The number of anilines is 3. The number of hydrogen-bond donors (Lipinski definition) is 0. The van der Waals surface area contributed by atoms with Gasteiger partial charge in [0, 0.05) is 25.5 Å². The van der Waals surface area contributed by atoms with Gasteiger partial charge in [-0.1, -0.05) is 95.6 Å². The molecule has 0 spiro atoms. The van der Waals surface area contributed by atoms with Gasteiger partial charge < -0.3 is 4.90 Å². The smallest absolute Gasteiger partial charge is 0.0788 e. The van der Waals surface area contributed by atoms with Gasteiger partial charge in [0.1, 0.15) is 0 Å². The molecule has 1 nitrogen and oxygen atoms in total. The molecule has 4 heteroatoms. The summed E-state index contributed by atoms with van der Waals surface area (Å²) in [6.45, 7) is 15.7. The normalized spacial score (nSPS) is 12.2.